The lowest BCUT2D eigenvalue weighted by atomic mass is 10.3. The second-order valence-electron chi connectivity index (χ2n) is 5.03. The van der Waals surface area contributed by atoms with Crippen molar-refractivity contribution in [3.05, 3.63) is 50.9 Å². The Kier molecular flexibility index (Phi) is 4.25. The van der Waals surface area contributed by atoms with Crippen molar-refractivity contribution in [1.82, 2.24) is 9.55 Å². The molecule has 1 atom stereocenters. The number of rotatable bonds is 4. The molecular weight excluding hydrogens is 323 g/mol. The Labute approximate surface area is 138 Å². The Bertz CT molecular complexity index is 774. The predicted molar refractivity (Wildman–Crippen MR) is 91.8 cm³/mol. The summed E-state index contributed by atoms with van der Waals surface area (Å²) in [6.45, 7) is 4.93. The molecule has 0 aliphatic heterocycles. The van der Waals surface area contributed by atoms with Crippen LogP contribution in [0.25, 0.3) is 11.0 Å². The highest BCUT2D eigenvalue weighted by molar-refractivity contribution is 7.11. The molecule has 3 rings (SSSR count). The number of halogens is 2. The zero-order valence-electron chi connectivity index (χ0n) is 11.9. The first-order chi connectivity index (χ1) is 10.1. The SMILES string of the molecule is CCc1ccc(Cn2c(C(C)Cl)nc3cc(Cl)ccc32)s1. The zero-order chi connectivity index (χ0) is 15.0. The summed E-state index contributed by atoms with van der Waals surface area (Å²) in [6, 6.07) is 10.2. The van der Waals surface area contributed by atoms with E-state index in [-0.39, 0.29) is 5.38 Å². The summed E-state index contributed by atoms with van der Waals surface area (Å²) < 4.78 is 2.19. The quantitative estimate of drug-likeness (QED) is 0.561. The van der Waals surface area contributed by atoms with Gasteiger partial charge in [-0.15, -0.1) is 22.9 Å². The van der Waals surface area contributed by atoms with Gasteiger partial charge in [-0.25, -0.2) is 4.98 Å². The van der Waals surface area contributed by atoms with Crippen LogP contribution in [0.3, 0.4) is 0 Å². The third-order valence-corrected chi connectivity index (χ3v) is 5.12. The molecule has 1 aromatic carbocycles. The van der Waals surface area contributed by atoms with Crippen molar-refractivity contribution in [2.24, 2.45) is 0 Å². The number of benzene rings is 1. The Morgan fingerprint density at radius 2 is 2.00 bits per heavy atom. The molecule has 0 amide bonds. The van der Waals surface area contributed by atoms with Crippen molar-refractivity contribution < 1.29 is 0 Å². The van der Waals surface area contributed by atoms with Gasteiger partial charge in [0.25, 0.3) is 0 Å². The number of nitrogens with zero attached hydrogens (tertiary/aromatic N) is 2. The largest absolute Gasteiger partial charge is 0.321 e. The number of thiophene rings is 1. The normalized spacial score (nSPS) is 13.0. The molecule has 110 valence electrons. The molecule has 2 nitrogen and oxygen atoms in total. The topological polar surface area (TPSA) is 17.8 Å². The number of imidazole rings is 1. The van der Waals surface area contributed by atoms with E-state index in [1.165, 1.54) is 9.75 Å². The van der Waals surface area contributed by atoms with Crippen LogP contribution in [0.4, 0.5) is 0 Å². The molecule has 5 heteroatoms. The van der Waals surface area contributed by atoms with Gasteiger partial charge in [0.1, 0.15) is 5.82 Å². The van der Waals surface area contributed by atoms with E-state index < -0.39 is 0 Å². The van der Waals surface area contributed by atoms with E-state index in [9.17, 15) is 0 Å². The molecule has 2 aromatic heterocycles. The van der Waals surface area contributed by atoms with Gasteiger partial charge in [-0.05, 0) is 43.7 Å². The van der Waals surface area contributed by atoms with Crippen molar-refractivity contribution in [3.63, 3.8) is 0 Å². The molecule has 3 aromatic rings. The van der Waals surface area contributed by atoms with E-state index >= 15 is 0 Å². The van der Waals surface area contributed by atoms with Crippen molar-refractivity contribution >= 4 is 45.6 Å². The second-order valence-corrected chi connectivity index (χ2v) is 7.37. The number of aryl methyl sites for hydroxylation is 1. The van der Waals surface area contributed by atoms with Gasteiger partial charge in [0, 0.05) is 14.8 Å². The Balaban J connectivity index is 2.08. The maximum absolute atomic E-state index is 6.31. The fourth-order valence-electron chi connectivity index (χ4n) is 2.44. The average Bonchev–Trinajstić information content (AvgIpc) is 3.04. The average molecular weight is 339 g/mol. The lowest BCUT2D eigenvalue weighted by Gasteiger charge is -2.09. The van der Waals surface area contributed by atoms with E-state index in [0.717, 1.165) is 29.8 Å². The summed E-state index contributed by atoms with van der Waals surface area (Å²) >= 11 is 14.2. The van der Waals surface area contributed by atoms with Crippen LogP contribution in [-0.2, 0) is 13.0 Å². The van der Waals surface area contributed by atoms with Crippen LogP contribution >= 0.6 is 34.5 Å². The van der Waals surface area contributed by atoms with Crippen molar-refractivity contribution in [2.75, 3.05) is 0 Å². The van der Waals surface area contributed by atoms with Crippen LogP contribution in [0.5, 0.6) is 0 Å². The number of fused-ring (bicyclic) bond motifs is 1. The highest BCUT2D eigenvalue weighted by Crippen LogP contribution is 2.28. The van der Waals surface area contributed by atoms with E-state index in [1.807, 2.05) is 36.5 Å². The molecule has 21 heavy (non-hydrogen) atoms. The van der Waals surface area contributed by atoms with E-state index in [2.05, 4.69) is 28.6 Å². The third-order valence-electron chi connectivity index (χ3n) is 3.48. The van der Waals surface area contributed by atoms with Crippen LogP contribution < -0.4 is 0 Å². The van der Waals surface area contributed by atoms with Gasteiger partial charge in [-0.2, -0.15) is 0 Å². The highest BCUT2D eigenvalue weighted by Gasteiger charge is 2.16. The molecule has 0 spiro atoms. The molecule has 0 bridgehead atoms. The van der Waals surface area contributed by atoms with Gasteiger partial charge in [0.15, 0.2) is 0 Å². The van der Waals surface area contributed by atoms with E-state index in [4.69, 9.17) is 23.2 Å². The fraction of sp³-hybridized carbons (Fsp3) is 0.312. The Morgan fingerprint density at radius 3 is 2.67 bits per heavy atom. The van der Waals surface area contributed by atoms with Crippen LogP contribution in [-0.4, -0.2) is 9.55 Å². The molecule has 0 N–H and O–H groups in total. The molecule has 2 heterocycles. The minimum absolute atomic E-state index is 0.137. The summed E-state index contributed by atoms with van der Waals surface area (Å²) in [5.74, 6) is 0.889. The Morgan fingerprint density at radius 1 is 1.24 bits per heavy atom. The van der Waals surface area contributed by atoms with Crippen molar-refractivity contribution in [1.29, 1.82) is 0 Å². The van der Waals surface area contributed by atoms with Crippen molar-refractivity contribution in [2.45, 2.75) is 32.2 Å². The zero-order valence-corrected chi connectivity index (χ0v) is 14.3. The molecule has 0 aliphatic rings. The predicted octanol–water partition coefficient (Wildman–Crippen LogP) is 5.66. The second kappa shape index (κ2) is 5.99. The maximum atomic E-state index is 6.31. The number of hydrogen-bond donors (Lipinski definition) is 0. The first-order valence-electron chi connectivity index (χ1n) is 6.96. The smallest absolute Gasteiger partial charge is 0.128 e. The minimum atomic E-state index is -0.137. The molecule has 1 unspecified atom stereocenters. The molecule has 0 saturated heterocycles. The van der Waals surface area contributed by atoms with Gasteiger partial charge in [0.2, 0.25) is 0 Å². The van der Waals surface area contributed by atoms with Gasteiger partial charge in [0.05, 0.1) is 23.0 Å². The van der Waals surface area contributed by atoms with Crippen LogP contribution in [0.15, 0.2) is 30.3 Å². The fourth-order valence-corrected chi connectivity index (χ4v) is 3.72. The highest BCUT2D eigenvalue weighted by atomic mass is 35.5. The first-order valence-corrected chi connectivity index (χ1v) is 8.59. The van der Waals surface area contributed by atoms with Crippen molar-refractivity contribution in [3.8, 4) is 0 Å². The first kappa shape index (κ1) is 14.9. The standard InChI is InChI=1S/C16H16Cl2N2S/c1-3-12-5-6-13(21-12)9-20-15-7-4-11(18)8-14(15)19-16(20)10(2)17/h4-8,10H,3,9H2,1-2H3. The Hall–Kier alpha value is -1.03. The molecule has 0 aliphatic carbocycles. The minimum Gasteiger partial charge on any atom is -0.321 e. The maximum Gasteiger partial charge on any atom is 0.128 e. The molecule has 0 saturated carbocycles. The molecule has 0 radical (unpaired) electrons. The summed E-state index contributed by atoms with van der Waals surface area (Å²) in [4.78, 5) is 7.37. The van der Waals surface area contributed by atoms with Gasteiger partial charge in [-0.3, -0.25) is 0 Å². The number of aromatic nitrogens is 2. The summed E-state index contributed by atoms with van der Waals surface area (Å²) in [5, 5.41) is 0.562. The molecular formula is C16H16Cl2N2S. The van der Waals surface area contributed by atoms with Crippen LogP contribution in [0, 0.1) is 0 Å². The lowest BCUT2D eigenvalue weighted by molar-refractivity contribution is 0.750. The van der Waals surface area contributed by atoms with Gasteiger partial charge < -0.3 is 4.57 Å². The van der Waals surface area contributed by atoms with Gasteiger partial charge in [-0.1, -0.05) is 18.5 Å². The van der Waals surface area contributed by atoms with E-state index in [0.29, 0.717) is 5.02 Å². The monoisotopic (exact) mass is 338 g/mol. The molecule has 0 fully saturated rings. The van der Waals surface area contributed by atoms with Crippen LogP contribution in [0.1, 0.15) is 34.8 Å². The van der Waals surface area contributed by atoms with Crippen LogP contribution in [0.2, 0.25) is 5.02 Å². The van der Waals surface area contributed by atoms with Gasteiger partial charge >= 0.3 is 0 Å². The number of alkyl halides is 1. The van der Waals surface area contributed by atoms with E-state index in [1.54, 1.807) is 0 Å². The summed E-state index contributed by atoms with van der Waals surface area (Å²) in [7, 11) is 0. The summed E-state index contributed by atoms with van der Waals surface area (Å²) in [6.07, 6.45) is 1.07. The third kappa shape index (κ3) is 2.96. The number of hydrogen-bond acceptors (Lipinski definition) is 2. The summed E-state index contributed by atoms with van der Waals surface area (Å²) in [5.41, 5.74) is 1.98. The lowest BCUT2D eigenvalue weighted by Crippen LogP contribution is -2.04.